The average Bonchev–Trinajstić information content (AvgIpc) is 2.76. The van der Waals surface area contributed by atoms with Crippen molar-refractivity contribution in [2.45, 2.75) is 33.2 Å². The Morgan fingerprint density at radius 3 is 2.80 bits per heavy atom. The van der Waals surface area contributed by atoms with E-state index < -0.39 is 0 Å². The molecule has 0 aliphatic carbocycles. The summed E-state index contributed by atoms with van der Waals surface area (Å²) in [4.78, 5) is 4.66. The summed E-state index contributed by atoms with van der Waals surface area (Å²) in [6.07, 6.45) is 1.92. The molecule has 0 saturated carbocycles. The van der Waals surface area contributed by atoms with E-state index in [2.05, 4.69) is 29.5 Å². The lowest BCUT2D eigenvalue weighted by Crippen LogP contribution is -2.13. The van der Waals surface area contributed by atoms with E-state index in [0.29, 0.717) is 12.5 Å². The van der Waals surface area contributed by atoms with Crippen LogP contribution in [0.3, 0.4) is 0 Å². The highest BCUT2D eigenvalue weighted by molar-refractivity contribution is 5.75. The van der Waals surface area contributed by atoms with Crippen molar-refractivity contribution in [1.82, 2.24) is 9.55 Å². The standard InChI is InChI=1S/C16H25N3O/c1-13(2)8-11-20-12-10-19-15-6-4-3-5-14(15)18-16(19)7-9-17/h3-6,13H,7-12,17H2,1-2H3. The number of para-hydroxylation sites is 2. The smallest absolute Gasteiger partial charge is 0.111 e. The number of benzene rings is 1. The Labute approximate surface area is 120 Å². The lowest BCUT2D eigenvalue weighted by Gasteiger charge is -2.10. The molecule has 0 atom stereocenters. The van der Waals surface area contributed by atoms with Gasteiger partial charge < -0.3 is 15.0 Å². The predicted molar refractivity (Wildman–Crippen MR) is 82.8 cm³/mol. The zero-order chi connectivity index (χ0) is 14.4. The van der Waals surface area contributed by atoms with Gasteiger partial charge in [0.05, 0.1) is 17.6 Å². The molecule has 2 rings (SSSR count). The maximum atomic E-state index is 5.72. The quantitative estimate of drug-likeness (QED) is 0.753. The summed E-state index contributed by atoms with van der Waals surface area (Å²) in [5.41, 5.74) is 7.89. The van der Waals surface area contributed by atoms with Gasteiger partial charge in [0.15, 0.2) is 0 Å². The Balaban J connectivity index is 2.01. The van der Waals surface area contributed by atoms with Crippen LogP contribution in [0.2, 0.25) is 0 Å². The first-order chi connectivity index (χ1) is 9.72. The summed E-state index contributed by atoms with van der Waals surface area (Å²) in [6, 6.07) is 8.22. The zero-order valence-corrected chi connectivity index (χ0v) is 12.5. The van der Waals surface area contributed by atoms with Crippen LogP contribution in [0.5, 0.6) is 0 Å². The van der Waals surface area contributed by atoms with Gasteiger partial charge in [0.1, 0.15) is 5.82 Å². The molecule has 20 heavy (non-hydrogen) atoms. The van der Waals surface area contributed by atoms with Crippen LogP contribution in [-0.2, 0) is 17.7 Å². The van der Waals surface area contributed by atoms with E-state index in [4.69, 9.17) is 10.5 Å². The van der Waals surface area contributed by atoms with Crippen molar-refractivity contribution in [3.05, 3.63) is 30.1 Å². The van der Waals surface area contributed by atoms with Gasteiger partial charge in [-0.1, -0.05) is 26.0 Å². The lowest BCUT2D eigenvalue weighted by atomic mass is 10.1. The molecule has 4 nitrogen and oxygen atoms in total. The highest BCUT2D eigenvalue weighted by Crippen LogP contribution is 2.16. The lowest BCUT2D eigenvalue weighted by molar-refractivity contribution is 0.116. The Morgan fingerprint density at radius 2 is 2.05 bits per heavy atom. The number of ether oxygens (including phenoxy) is 1. The normalized spacial score (nSPS) is 11.6. The van der Waals surface area contributed by atoms with Gasteiger partial charge in [0, 0.05) is 19.6 Å². The van der Waals surface area contributed by atoms with Crippen LogP contribution in [0.25, 0.3) is 11.0 Å². The highest BCUT2D eigenvalue weighted by Gasteiger charge is 2.09. The molecular weight excluding hydrogens is 250 g/mol. The molecule has 2 aromatic rings. The van der Waals surface area contributed by atoms with Gasteiger partial charge in [-0.15, -0.1) is 0 Å². The molecule has 1 aromatic heterocycles. The molecule has 0 bridgehead atoms. The molecule has 4 heteroatoms. The summed E-state index contributed by atoms with van der Waals surface area (Å²) in [7, 11) is 0. The van der Waals surface area contributed by atoms with Crippen molar-refractivity contribution in [3.8, 4) is 0 Å². The van der Waals surface area contributed by atoms with Gasteiger partial charge in [0.25, 0.3) is 0 Å². The molecule has 0 saturated heterocycles. The monoisotopic (exact) mass is 275 g/mol. The van der Waals surface area contributed by atoms with Gasteiger partial charge in [-0.05, 0) is 31.0 Å². The van der Waals surface area contributed by atoms with Crippen LogP contribution < -0.4 is 5.73 Å². The zero-order valence-electron chi connectivity index (χ0n) is 12.5. The molecule has 0 aliphatic rings. The number of nitrogens with zero attached hydrogens (tertiary/aromatic N) is 2. The van der Waals surface area contributed by atoms with Gasteiger partial charge in [0.2, 0.25) is 0 Å². The molecule has 110 valence electrons. The first kappa shape index (κ1) is 15.0. The summed E-state index contributed by atoms with van der Waals surface area (Å²) in [6.45, 7) is 7.45. The number of nitrogens with two attached hydrogens (primary N) is 1. The number of hydrogen-bond acceptors (Lipinski definition) is 3. The van der Waals surface area contributed by atoms with E-state index in [-0.39, 0.29) is 0 Å². The summed E-state index contributed by atoms with van der Waals surface area (Å²) in [5.74, 6) is 1.75. The second kappa shape index (κ2) is 7.41. The minimum Gasteiger partial charge on any atom is -0.380 e. The second-order valence-electron chi connectivity index (χ2n) is 5.50. The van der Waals surface area contributed by atoms with E-state index in [1.54, 1.807) is 0 Å². The first-order valence-corrected chi connectivity index (χ1v) is 7.44. The Bertz CT molecular complexity index is 534. The molecule has 1 heterocycles. The fourth-order valence-corrected chi connectivity index (χ4v) is 2.27. The molecular formula is C16H25N3O. The number of aromatic nitrogens is 2. The van der Waals surface area contributed by atoms with E-state index in [1.807, 2.05) is 18.2 Å². The predicted octanol–water partition coefficient (Wildman–Crippen LogP) is 2.60. The fraction of sp³-hybridized carbons (Fsp3) is 0.562. The third kappa shape index (κ3) is 3.81. The summed E-state index contributed by atoms with van der Waals surface area (Å²) < 4.78 is 7.95. The van der Waals surface area contributed by atoms with Crippen LogP contribution in [-0.4, -0.2) is 29.3 Å². The third-order valence-corrected chi connectivity index (χ3v) is 3.40. The molecule has 0 unspecified atom stereocenters. The topological polar surface area (TPSA) is 53.1 Å². The van der Waals surface area contributed by atoms with E-state index in [9.17, 15) is 0 Å². The fourth-order valence-electron chi connectivity index (χ4n) is 2.27. The van der Waals surface area contributed by atoms with Gasteiger partial charge in [-0.25, -0.2) is 4.98 Å². The Hall–Kier alpha value is -1.39. The Kier molecular flexibility index (Phi) is 5.56. The second-order valence-corrected chi connectivity index (χ2v) is 5.50. The Morgan fingerprint density at radius 1 is 1.25 bits per heavy atom. The minimum absolute atomic E-state index is 0.623. The molecule has 1 aromatic carbocycles. The van der Waals surface area contributed by atoms with Gasteiger partial charge in [-0.2, -0.15) is 0 Å². The SMILES string of the molecule is CC(C)CCOCCn1c(CCN)nc2ccccc21. The van der Waals surface area contributed by atoms with Crippen LogP contribution in [0.15, 0.2) is 24.3 Å². The van der Waals surface area contributed by atoms with Crippen LogP contribution >= 0.6 is 0 Å². The van der Waals surface area contributed by atoms with Crippen molar-refractivity contribution in [2.24, 2.45) is 11.7 Å². The first-order valence-electron chi connectivity index (χ1n) is 7.44. The molecule has 0 amide bonds. The largest absolute Gasteiger partial charge is 0.380 e. The van der Waals surface area contributed by atoms with Crippen LogP contribution in [0, 0.1) is 5.92 Å². The average molecular weight is 275 g/mol. The van der Waals surface area contributed by atoms with E-state index in [1.165, 1.54) is 5.52 Å². The van der Waals surface area contributed by atoms with E-state index in [0.717, 1.165) is 43.9 Å². The number of imidazole rings is 1. The van der Waals surface area contributed by atoms with Crippen molar-refractivity contribution >= 4 is 11.0 Å². The van der Waals surface area contributed by atoms with E-state index >= 15 is 0 Å². The maximum Gasteiger partial charge on any atom is 0.111 e. The van der Waals surface area contributed by atoms with Crippen molar-refractivity contribution in [3.63, 3.8) is 0 Å². The van der Waals surface area contributed by atoms with Gasteiger partial charge in [-0.3, -0.25) is 0 Å². The molecule has 0 aliphatic heterocycles. The van der Waals surface area contributed by atoms with Crippen LogP contribution in [0.4, 0.5) is 0 Å². The number of fused-ring (bicyclic) bond motifs is 1. The molecule has 2 N–H and O–H groups in total. The van der Waals surface area contributed by atoms with Crippen molar-refractivity contribution in [1.29, 1.82) is 0 Å². The van der Waals surface area contributed by atoms with Crippen molar-refractivity contribution < 1.29 is 4.74 Å². The summed E-state index contributed by atoms with van der Waals surface area (Å²) in [5, 5.41) is 0. The molecule has 0 fully saturated rings. The molecule has 0 radical (unpaired) electrons. The number of hydrogen-bond donors (Lipinski definition) is 1. The third-order valence-electron chi connectivity index (χ3n) is 3.40. The summed E-state index contributed by atoms with van der Waals surface area (Å²) >= 11 is 0. The maximum absolute atomic E-state index is 5.72. The van der Waals surface area contributed by atoms with Crippen LogP contribution in [0.1, 0.15) is 26.1 Å². The minimum atomic E-state index is 0.623. The van der Waals surface area contributed by atoms with Crippen molar-refractivity contribution in [2.75, 3.05) is 19.8 Å². The van der Waals surface area contributed by atoms with Gasteiger partial charge >= 0.3 is 0 Å². The number of rotatable bonds is 8. The highest BCUT2D eigenvalue weighted by atomic mass is 16.5. The molecule has 0 spiro atoms.